The number of nitrogens with one attached hydrogen (secondary N) is 1. The van der Waals surface area contributed by atoms with Gasteiger partial charge in [-0.15, -0.1) is 0 Å². The topological polar surface area (TPSA) is 42.0 Å². The van der Waals surface area contributed by atoms with Gasteiger partial charge in [0.2, 0.25) is 5.91 Å². The highest BCUT2D eigenvalue weighted by atomic mass is 19.1. The second kappa shape index (κ2) is 7.00. The van der Waals surface area contributed by atoms with Crippen LogP contribution in [0.15, 0.2) is 67.0 Å². The summed E-state index contributed by atoms with van der Waals surface area (Å²) in [4.78, 5) is 16.1. The molecule has 0 atom stereocenters. The molecule has 0 saturated heterocycles. The molecular formula is C19H14F2N2O. The zero-order valence-corrected chi connectivity index (χ0v) is 12.7. The normalized spacial score (nSPS) is 10.4. The van der Waals surface area contributed by atoms with Crippen LogP contribution in [-0.4, -0.2) is 10.9 Å². The van der Waals surface area contributed by atoms with E-state index in [0.29, 0.717) is 16.8 Å². The van der Waals surface area contributed by atoms with Gasteiger partial charge < -0.3 is 5.32 Å². The Kier molecular flexibility index (Phi) is 4.61. The van der Waals surface area contributed by atoms with E-state index in [9.17, 15) is 13.6 Å². The number of benzene rings is 2. The second-order valence-electron chi connectivity index (χ2n) is 5.28. The van der Waals surface area contributed by atoms with Gasteiger partial charge in [-0.2, -0.15) is 0 Å². The molecule has 0 radical (unpaired) electrons. The number of nitrogens with zero attached hydrogens (tertiary/aromatic N) is 1. The number of pyridine rings is 1. The first-order valence-corrected chi connectivity index (χ1v) is 7.36. The minimum atomic E-state index is -0.429. The molecule has 1 aromatic heterocycles. The van der Waals surface area contributed by atoms with E-state index in [4.69, 9.17) is 0 Å². The molecular weight excluding hydrogens is 310 g/mol. The summed E-state index contributed by atoms with van der Waals surface area (Å²) < 4.78 is 26.7. The van der Waals surface area contributed by atoms with Crippen molar-refractivity contribution < 1.29 is 13.6 Å². The van der Waals surface area contributed by atoms with Crippen molar-refractivity contribution in [2.45, 2.75) is 6.42 Å². The molecule has 3 rings (SSSR count). The van der Waals surface area contributed by atoms with E-state index in [1.54, 1.807) is 36.7 Å². The van der Waals surface area contributed by atoms with Crippen LogP contribution >= 0.6 is 0 Å². The van der Waals surface area contributed by atoms with Gasteiger partial charge in [0.25, 0.3) is 0 Å². The number of halogens is 2. The van der Waals surface area contributed by atoms with Crippen molar-refractivity contribution in [1.29, 1.82) is 0 Å². The molecule has 0 bridgehead atoms. The molecule has 0 fully saturated rings. The van der Waals surface area contributed by atoms with Gasteiger partial charge in [-0.05, 0) is 53.6 Å². The molecule has 0 spiro atoms. The third-order valence-electron chi connectivity index (χ3n) is 3.52. The Morgan fingerprint density at radius 2 is 1.58 bits per heavy atom. The molecule has 5 heteroatoms. The first kappa shape index (κ1) is 15.8. The Hall–Kier alpha value is -3.08. The van der Waals surface area contributed by atoms with Crippen molar-refractivity contribution in [3.8, 4) is 11.1 Å². The molecule has 2 aromatic carbocycles. The Morgan fingerprint density at radius 3 is 2.29 bits per heavy atom. The Labute approximate surface area is 138 Å². The number of hydrogen-bond acceptors (Lipinski definition) is 2. The van der Waals surface area contributed by atoms with Crippen molar-refractivity contribution in [3.63, 3.8) is 0 Å². The molecule has 0 aliphatic carbocycles. The molecule has 1 heterocycles. The predicted octanol–water partition coefficient (Wildman–Crippen LogP) is 4.21. The molecule has 3 aromatic rings. The van der Waals surface area contributed by atoms with Gasteiger partial charge in [0, 0.05) is 23.6 Å². The van der Waals surface area contributed by atoms with Crippen molar-refractivity contribution in [1.82, 2.24) is 4.98 Å². The summed E-state index contributed by atoms with van der Waals surface area (Å²) in [5.74, 6) is -1.03. The maximum atomic E-state index is 13.6. The van der Waals surface area contributed by atoms with Crippen LogP contribution in [0.5, 0.6) is 0 Å². The van der Waals surface area contributed by atoms with E-state index in [2.05, 4.69) is 10.3 Å². The zero-order valence-electron chi connectivity index (χ0n) is 12.7. The fourth-order valence-corrected chi connectivity index (χ4v) is 2.37. The number of rotatable bonds is 4. The second-order valence-corrected chi connectivity index (χ2v) is 5.28. The van der Waals surface area contributed by atoms with Gasteiger partial charge in [0.1, 0.15) is 11.6 Å². The number of hydrogen-bond donors (Lipinski definition) is 1. The summed E-state index contributed by atoms with van der Waals surface area (Å²) in [6, 6.07) is 13.3. The van der Waals surface area contributed by atoms with Crippen LogP contribution < -0.4 is 5.32 Å². The van der Waals surface area contributed by atoms with Crippen LogP contribution in [-0.2, 0) is 11.2 Å². The van der Waals surface area contributed by atoms with Crippen molar-refractivity contribution in [2.24, 2.45) is 0 Å². The van der Waals surface area contributed by atoms with Gasteiger partial charge in [-0.1, -0.05) is 12.1 Å². The third-order valence-corrected chi connectivity index (χ3v) is 3.52. The molecule has 1 N–H and O–H groups in total. The lowest BCUT2D eigenvalue weighted by Gasteiger charge is -2.12. The van der Waals surface area contributed by atoms with E-state index >= 15 is 0 Å². The van der Waals surface area contributed by atoms with Gasteiger partial charge in [0.15, 0.2) is 0 Å². The average Bonchev–Trinajstić information content (AvgIpc) is 2.58. The van der Waals surface area contributed by atoms with Crippen LogP contribution in [0.1, 0.15) is 5.56 Å². The van der Waals surface area contributed by atoms with Crippen LogP contribution in [0.3, 0.4) is 0 Å². The molecule has 120 valence electrons. The minimum absolute atomic E-state index is 0.183. The smallest absolute Gasteiger partial charge is 0.228 e. The monoisotopic (exact) mass is 324 g/mol. The van der Waals surface area contributed by atoms with Crippen LogP contribution in [0.25, 0.3) is 11.1 Å². The number of carbonyl (C=O) groups excluding carboxylic acids is 1. The minimum Gasteiger partial charge on any atom is -0.325 e. The highest BCUT2D eigenvalue weighted by molar-refractivity contribution is 5.96. The fraction of sp³-hybridized carbons (Fsp3) is 0.0526. The maximum Gasteiger partial charge on any atom is 0.228 e. The molecule has 0 saturated carbocycles. The molecule has 24 heavy (non-hydrogen) atoms. The SMILES string of the molecule is O=C(Cc1ccncc1)Nc1ccc(F)cc1-c1ccc(F)cc1. The Bertz CT molecular complexity index is 849. The summed E-state index contributed by atoms with van der Waals surface area (Å²) >= 11 is 0. The van der Waals surface area contributed by atoms with Crippen molar-refractivity contribution in [2.75, 3.05) is 5.32 Å². The van der Waals surface area contributed by atoms with Crippen molar-refractivity contribution >= 4 is 11.6 Å². The zero-order chi connectivity index (χ0) is 16.9. The molecule has 1 amide bonds. The molecule has 3 nitrogen and oxygen atoms in total. The first-order valence-electron chi connectivity index (χ1n) is 7.36. The van der Waals surface area contributed by atoms with Gasteiger partial charge >= 0.3 is 0 Å². The summed E-state index contributed by atoms with van der Waals surface area (Å²) in [6.45, 7) is 0. The van der Waals surface area contributed by atoms with Crippen LogP contribution in [0.4, 0.5) is 14.5 Å². The van der Waals surface area contributed by atoms with E-state index in [0.717, 1.165) is 5.56 Å². The quantitative estimate of drug-likeness (QED) is 0.781. The highest BCUT2D eigenvalue weighted by Crippen LogP contribution is 2.29. The molecule has 0 aliphatic heterocycles. The largest absolute Gasteiger partial charge is 0.325 e. The summed E-state index contributed by atoms with van der Waals surface area (Å²) in [5.41, 5.74) is 2.42. The van der Waals surface area contributed by atoms with E-state index in [1.807, 2.05) is 0 Å². The number of amides is 1. The number of anilines is 1. The predicted molar refractivity (Wildman–Crippen MR) is 88.4 cm³/mol. The summed E-state index contributed by atoms with van der Waals surface area (Å²) in [5, 5.41) is 2.78. The van der Waals surface area contributed by atoms with Crippen LogP contribution in [0, 0.1) is 11.6 Å². The van der Waals surface area contributed by atoms with E-state index < -0.39 is 5.82 Å². The van der Waals surface area contributed by atoms with E-state index in [-0.39, 0.29) is 18.1 Å². The Balaban J connectivity index is 1.85. The summed E-state index contributed by atoms with van der Waals surface area (Å²) in [7, 11) is 0. The maximum absolute atomic E-state index is 13.6. The Morgan fingerprint density at radius 1 is 0.917 bits per heavy atom. The molecule has 0 aliphatic rings. The number of aromatic nitrogens is 1. The molecule has 0 unspecified atom stereocenters. The van der Waals surface area contributed by atoms with Gasteiger partial charge in [-0.3, -0.25) is 9.78 Å². The van der Waals surface area contributed by atoms with Crippen LogP contribution in [0.2, 0.25) is 0 Å². The summed E-state index contributed by atoms with van der Waals surface area (Å²) in [6.07, 6.45) is 3.41. The lowest BCUT2D eigenvalue weighted by molar-refractivity contribution is -0.115. The highest BCUT2D eigenvalue weighted by Gasteiger charge is 2.11. The van der Waals surface area contributed by atoms with Gasteiger partial charge in [-0.25, -0.2) is 8.78 Å². The standard InChI is InChI=1S/C19H14F2N2O/c20-15-3-1-14(2-4-15)17-12-16(21)5-6-18(17)23-19(24)11-13-7-9-22-10-8-13/h1-10,12H,11H2,(H,23,24). The first-order chi connectivity index (χ1) is 11.6. The lowest BCUT2D eigenvalue weighted by atomic mass is 10.0. The fourth-order valence-electron chi connectivity index (χ4n) is 2.37. The van der Waals surface area contributed by atoms with Crippen molar-refractivity contribution in [3.05, 3.63) is 84.2 Å². The third kappa shape index (κ3) is 3.81. The van der Waals surface area contributed by atoms with E-state index in [1.165, 1.54) is 30.3 Å². The average molecular weight is 324 g/mol. The van der Waals surface area contributed by atoms with Gasteiger partial charge in [0.05, 0.1) is 6.42 Å². The lowest BCUT2D eigenvalue weighted by Crippen LogP contribution is -2.15. The number of carbonyl (C=O) groups is 1.